The Morgan fingerprint density at radius 2 is 1.97 bits per heavy atom. The number of rotatable bonds is 8. The largest absolute Gasteiger partial charge is 0.497 e. The third-order valence-corrected chi connectivity index (χ3v) is 5.86. The SMILES string of the molecule is COc1ccc(NC(=O)CCN2CCC(OC)(c3nc(C4CC4)no3)CC2)cc1. The van der Waals surface area contributed by atoms with E-state index in [2.05, 4.69) is 20.4 Å². The number of anilines is 1. The van der Waals surface area contributed by atoms with Gasteiger partial charge in [-0.15, -0.1) is 0 Å². The predicted octanol–water partition coefficient (Wildman–Crippen LogP) is 2.92. The molecule has 2 fully saturated rings. The van der Waals surface area contributed by atoms with Crippen molar-refractivity contribution < 1.29 is 18.8 Å². The summed E-state index contributed by atoms with van der Waals surface area (Å²) in [7, 11) is 3.33. The molecule has 4 rings (SSSR count). The Bertz CT molecular complexity index is 823. The second-order valence-corrected chi connectivity index (χ2v) is 7.80. The molecule has 0 bridgehead atoms. The minimum atomic E-state index is -0.512. The minimum Gasteiger partial charge on any atom is -0.497 e. The lowest BCUT2D eigenvalue weighted by atomic mass is 9.90. The van der Waals surface area contributed by atoms with Gasteiger partial charge in [-0.2, -0.15) is 4.98 Å². The van der Waals surface area contributed by atoms with Gasteiger partial charge in [0.2, 0.25) is 5.91 Å². The highest BCUT2D eigenvalue weighted by Crippen LogP contribution is 2.41. The van der Waals surface area contributed by atoms with E-state index in [1.807, 2.05) is 24.3 Å². The Hall–Kier alpha value is -2.45. The number of benzene rings is 1. The van der Waals surface area contributed by atoms with Gasteiger partial charge in [-0.1, -0.05) is 5.16 Å². The second kappa shape index (κ2) is 8.51. The van der Waals surface area contributed by atoms with Crippen LogP contribution in [-0.2, 0) is 15.1 Å². The van der Waals surface area contributed by atoms with Gasteiger partial charge >= 0.3 is 0 Å². The Labute approximate surface area is 170 Å². The molecule has 2 aromatic rings. The number of nitrogens with zero attached hydrogens (tertiary/aromatic N) is 3. The number of nitrogens with one attached hydrogen (secondary N) is 1. The number of likely N-dealkylation sites (tertiary alicyclic amines) is 1. The summed E-state index contributed by atoms with van der Waals surface area (Å²) in [6.45, 7) is 2.36. The molecule has 1 amide bonds. The van der Waals surface area contributed by atoms with Crippen molar-refractivity contribution in [2.45, 2.75) is 43.6 Å². The average Bonchev–Trinajstić information content (AvgIpc) is 3.49. The first-order chi connectivity index (χ1) is 14.1. The van der Waals surface area contributed by atoms with Gasteiger partial charge in [0.15, 0.2) is 5.82 Å². The number of piperidine rings is 1. The number of methoxy groups -OCH3 is 2. The maximum atomic E-state index is 12.3. The van der Waals surface area contributed by atoms with Crippen molar-refractivity contribution in [1.82, 2.24) is 15.0 Å². The normalized spacial score (nSPS) is 19.1. The summed E-state index contributed by atoms with van der Waals surface area (Å²) < 4.78 is 16.5. The standard InChI is InChI=1S/C21H28N4O4/c1-27-17-7-5-16(6-8-17)22-18(26)9-12-25-13-10-21(28-2,11-14-25)20-23-19(24-29-20)15-3-4-15/h5-8,15H,3-4,9-14H2,1-2H3,(H,22,26). The summed E-state index contributed by atoms with van der Waals surface area (Å²) in [4.78, 5) is 19.1. The lowest BCUT2D eigenvalue weighted by Gasteiger charge is -2.38. The van der Waals surface area contributed by atoms with Crippen molar-refractivity contribution in [3.63, 3.8) is 0 Å². The highest BCUT2D eigenvalue weighted by atomic mass is 16.5. The van der Waals surface area contributed by atoms with Crippen molar-refractivity contribution in [3.05, 3.63) is 36.0 Å². The zero-order valence-electron chi connectivity index (χ0n) is 17.0. The predicted molar refractivity (Wildman–Crippen MR) is 107 cm³/mol. The highest BCUT2D eigenvalue weighted by Gasteiger charge is 2.42. The van der Waals surface area contributed by atoms with Crippen LogP contribution in [0.2, 0.25) is 0 Å². The molecule has 1 saturated carbocycles. The van der Waals surface area contributed by atoms with E-state index in [0.717, 1.165) is 56.0 Å². The van der Waals surface area contributed by atoms with Gasteiger partial charge in [0.25, 0.3) is 5.89 Å². The maximum Gasteiger partial charge on any atom is 0.258 e. The van der Waals surface area contributed by atoms with E-state index in [9.17, 15) is 4.79 Å². The summed E-state index contributed by atoms with van der Waals surface area (Å²) in [6, 6.07) is 7.34. The molecule has 0 radical (unpaired) electrons. The van der Waals surface area contributed by atoms with Crippen LogP contribution in [-0.4, -0.2) is 54.8 Å². The number of carbonyl (C=O) groups is 1. The first-order valence-electron chi connectivity index (χ1n) is 10.2. The summed E-state index contributed by atoms with van der Waals surface area (Å²) in [5, 5.41) is 7.06. The van der Waals surface area contributed by atoms with Crippen molar-refractivity contribution >= 4 is 11.6 Å². The minimum absolute atomic E-state index is 0.00437. The molecular formula is C21H28N4O4. The van der Waals surface area contributed by atoms with E-state index in [1.165, 1.54) is 0 Å². The molecule has 2 aliphatic rings. The number of hydrogen-bond donors (Lipinski definition) is 1. The maximum absolute atomic E-state index is 12.3. The molecular weight excluding hydrogens is 372 g/mol. The van der Waals surface area contributed by atoms with E-state index >= 15 is 0 Å². The van der Waals surface area contributed by atoms with Crippen LogP contribution in [0.4, 0.5) is 5.69 Å². The third kappa shape index (κ3) is 4.59. The van der Waals surface area contributed by atoms with Gasteiger partial charge in [0, 0.05) is 44.8 Å². The van der Waals surface area contributed by atoms with E-state index in [1.54, 1.807) is 14.2 Å². The molecule has 1 aliphatic heterocycles. The van der Waals surface area contributed by atoms with E-state index in [4.69, 9.17) is 14.0 Å². The number of hydrogen-bond acceptors (Lipinski definition) is 7. The zero-order valence-corrected chi connectivity index (χ0v) is 17.0. The summed E-state index contributed by atoms with van der Waals surface area (Å²) in [5.41, 5.74) is 0.262. The monoisotopic (exact) mass is 400 g/mol. The van der Waals surface area contributed by atoms with Crippen LogP contribution >= 0.6 is 0 Å². The number of aromatic nitrogens is 2. The van der Waals surface area contributed by atoms with Gasteiger partial charge in [-0.3, -0.25) is 4.79 Å². The fraction of sp³-hybridized carbons (Fsp3) is 0.571. The van der Waals surface area contributed by atoms with Crippen molar-refractivity contribution in [3.8, 4) is 5.75 Å². The molecule has 1 aliphatic carbocycles. The average molecular weight is 400 g/mol. The van der Waals surface area contributed by atoms with E-state index in [0.29, 0.717) is 24.8 Å². The van der Waals surface area contributed by atoms with Gasteiger partial charge in [-0.05, 0) is 49.9 Å². The molecule has 8 heteroatoms. The highest BCUT2D eigenvalue weighted by molar-refractivity contribution is 5.90. The Morgan fingerprint density at radius 1 is 1.24 bits per heavy atom. The summed E-state index contributed by atoms with van der Waals surface area (Å²) >= 11 is 0. The van der Waals surface area contributed by atoms with Gasteiger partial charge in [0.05, 0.1) is 7.11 Å². The van der Waals surface area contributed by atoms with Gasteiger partial charge < -0.3 is 24.2 Å². The molecule has 2 heterocycles. The van der Waals surface area contributed by atoms with Crippen molar-refractivity contribution in [2.75, 3.05) is 39.2 Å². The van der Waals surface area contributed by atoms with Gasteiger partial charge in [-0.25, -0.2) is 0 Å². The fourth-order valence-electron chi connectivity index (χ4n) is 3.73. The fourth-order valence-corrected chi connectivity index (χ4v) is 3.73. The van der Waals surface area contributed by atoms with Crippen LogP contribution in [0.25, 0.3) is 0 Å². The zero-order chi connectivity index (χ0) is 20.3. The molecule has 1 saturated heterocycles. The van der Waals surface area contributed by atoms with Crippen LogP contribution in [0.1, 0.15) is 49.7 Å². The first-order valence-corrected chi connectivity index (χ1v) is 10.2. The lowest BCUT2D eigenvalue weighted by molar-refractivity contribution is -0.117. The number of amides is 1. The lowest BCUT2D eigenvalue weighted by Crippen LogP contribution is -2.44. The van der Waals surface area contributed by atoms with Crippen LogP contribution in [0.5, 0.6) is 5.75 Å². The van der Waals surface area contributed by atoms with Crippen LogP contribution in [0.3, 0.4) is 0 Å². The second-order valence-electron chi connectivity index (χ2n) is 7.80. The van der Waals surface area contributed by atoms with Crippen LogP contribution in [0.15, 0.2) is 28.8 Å². The summed E-state index contributed by atoms with van der Waals surface area (Å²) in [5.74, 6) is 2.65. The summed E-state index contributed by atoms with van der Waals surface area (Å²) in [6.07, 6.45) is 4.28. The molecule has 156 valence electrons. The third-order valence-electron chi connectivity index (χ3n) is 5.86. The topological polar surface area (TPSA) is 89.7 Å². The van der Waals surface area contributed by atoms with Gasteiger partial charge in [0.1, 0.15) is 11.4 Å². The molecule has 0 unspecified atom stereocenters. The molecule has 0 atom stereocenters. The molecule has 1 aromatic carbocycles. The molecule has 8 nitrogen and oxygen atoms in total. The first kappa shape index (κ1) is 19.8. The van der Waals surface area contributed by atoms with Crippen LogP contribution < -0.4 is 10.1 Å². The quantitative estimate of drug-likeness (QED) is 0.729. The molecule has 1 aromatic heterocycles. The number of carbonyl (C=O) groups excluding carboxylic acids is 1. The molecule has 1 N–H and O–H groups in total. The van der Waals surface area contributed by atoms with E-state index < -0.39 is 5.60 Å². The van der Waals surface area contributed by atoms with E-state index in [-0.39, 0.29) is 5.91 Å². The smallest absolute Gasteiger partial charge is 0.258 e. The Morgan fingerprint density at radius 3 is 2.59 bits per heavy atom. The molecule has 29 heavy (non-hydrogen) atoms. The van der Waals surface area contributed by atoms with Crippen molar-refractivity contribution in [1.29, 1.82) is 0 Å². The number of ether oxygens (including phenoxy) is 2. The van der Waals surface area contributed by atoms with Crippen molar-refractivity contribution in [2.24, 2.45) is 0 Å². The Balaban J connectivity index is 1.25. The Kier molecular flexibility index (Phi) is 5.82. The molecule has 0 spiro atoms. The van der Waals surface area contributed by atoms with Crippen LogP contribution in [0, 0.1) is 0 Å².